The van der Waals surface area contributed by atoms with Crippen LogP contribution in [0.1, 0.15) is 11.3 Å². The monoisotopic (exact) mass is 299 g/mol. The molecule has 1 aromatic carbocycles. The van der Waals surface area contributed by atoms with Crippen molar-refractivity contribution in [2.75, 3.05) is 14.2 Å². The Bertz CT molecular complexity index is 759. The second kappa shape index (κ2) is 5.77. The Kier molecular flexibility index (Phi) is 3.65. The molecule has 0 atom stereocenters. The number of methoxy groups -OCH3 is 2. The van der Waals surface area contributed by atoms with E-state index in [1.165, 1.54) is 6.26 Å². The van der Waals surface area contributed by atoms with Crippen molar-refractivity contribution in [2.45, 2.75) is 0 Å². The number of cyclic esters (lactones) is 1. The van der Waals surface area contributed by atoms with Crippen LogP contribution in [0.15, 0.2) is 51.7 Å². The molecule has 0 aliphatic carbocycles. The second-order valence-corrected chi connectivity index (χ2v) is 4.42. The van der Waals surface area contributed by atoms with E-state index in [0.717, 1.165) is 0 Å². The van der Waals surface area contributed by atoms with E-state index < -0.39 is 5.97 Å². The zero-order chi connectivity index (χ0) is 15.5. The number of nitrogens with zero attached hydrogens (tertiary/aromatic N) is 1. The Hall–Kier alpha value is -3.02. The van der Waals surface area contributed by atoms with E-state index >= 15 is 0 Å². The molecule has 1 aliphatic rings. The van der Waals surface area contributed by atoms with Gasteiger partial charge in [0.15, 0.2) is 11.5 Å². The Morgan fingerprint density at radius 1 is 1.18 bits per heavy atom. The molecule has 0 amide bonds. The maximum Gasteiger partial charge on any atom is 0.363 e. The van der Waals surface area contributed by atoms with Gasteiger partial charge in [-0.15, -0.1) is 0 Å². The normalized spacial score (nSPS) is 15.6. The molecule has 0 N–H and O–H groups in total. The molecule has 2 aromatic rings. The molecule has 0 saturated heterocycles. The van der Waals surface area contributed by atoms with Gasteiger partial charge in [-0.2, -0.15) is 0 Å². The molecule has 0 spiro atoms. The van der Waals surface area contributed by atoms with Gasteiger partial charge in [0, 0.05) is 5.56 Å². The molecule has 22 heavy (non-hydrogen) atoms. The summed E-state index contributed by atoms with van der Waals surface area (Å²) in [6, 6.07) is 8.63. The van der Waals surface area contributed by atoms with Crippen LogP contribution in [-0.4, -0.2) is 26.1 Å². The molecular weight excluding hydrogens is 286 g/mol. The van der Waals surface area contributed by atoms with Crippen LogP contribution in [0.5, 0.6) is 11.5 Å². The Balaban J connectivity index is 1.99. The lowest BCUT2D eigenvalue weighted by atomic mass is 10.1. The van der Waals surface area contributed by atoms with Gasteiger partial charge in [-0.05, 0) is 36.4 Å². The number of carbonyl (C=O) groups excluding carboxylic acids is 1. The number of hydrogen-bond donors (Lipinski definition) is 0. The van der Waals surface area contributed by atoms with E-state index in [2.05, 4.69) is 4.99 Å². The molecule has 0 radical (unpaired) electrons. The van der Waals surface area contributed by atoms with Gasteiger partial charge in [0.05, 0.1) is 20.5 Å². The predicted molar refractivity (Wildman–Crippen MR) is 78.9 cm³/mol. The van der Waals surface area contributed by atoms with Crippen LogP contribution >= 0.6 is 0 Å². The standard InChI is InChI=1S/C16H13NO5/c1-19-11-5-6-13(20-2)10(8-11)9-12-16(18)22-15(17-12)14-4-3-7-21-14/h3-9H,1-2H3/b12-9+. The molecule has 3 rings (SSSR count). The summed E-state index contributed by atoms with van der Waals surface area (Å²) in [4.78, 5) is 16.1. The third-order valence-corrected chi connectivity index (χ3v) is 3.08. The highest BCUT2D eigenvalue weighted by Crippen LogP contribution is 2.28. The van der Waals surface area contributed by atoms with Crippen LogP contribution in [0.3, 0.4) is 0 Å². The van der Waals surface area contributed by atoms with Gasteiger partial charge in [0.1, 0.15) is 11.5 Å². The van der Waals surface area contributed by atoms with Gasteiger partial charge in [-0.25, -0.2) is 9.79 Å². The summed E-state index contributed by atoms with van der Waals surface area (Å²) in [5.74, 6) is 1.24. The first kappa shape index (κ1) is 13.9. The summed E-state index contributed by atoms with van der Waals surface area (Å²) in [5, 5.41) is 0. The molecular formula is C16H13NO5. The smallest absolute Gasteiger partial charge is 0.363 e. The number of ether oxygens (including phenoxy) is 3. The van der Waals surface area contributed by atoms with E-state index in [1.54, 1.807) is 50.6 Å². The van der Waals surface area contributed by atoms with Crippen molar-refractivity contribution < 1.29 is 23.4 Å². The van der Waals surface area contributed by atoms with Crippen LogP contribution in [-0.2, 0) is 9.53 Å². The lowest BCUT2D eigenvalue weighted by molar-refractivity contribution is -0.130. The highest BCUT2D eigenvalue weighted by Gasteiger charge is 2.26. The highest BCUT2D eigenvalue weighted by atomic mass is 16.6. The van der Waals surface area contributed by atoms with Crippen LogP contribution in [0, 0.1) is 0 Å². The maximum atomic E-state index is 11.9. The molecule has 1 aliphatic heterocycles. The van der Waals surface area contributed by atoms with E-state index in [-0.39, 0.29) is 11.6 Å². The fourth-order valence-electron chi connectivity index (χ4n) is 2.01. The number of hydrogen-bond acceptors (Lipinski definition) is 6. The summed E-state index contributed by atoms with van der Waals surface area (Å²) in [5.41, 5.74) is 0.830. The minimum absolute atomic E-state index is 0.142. The fourth-order valence-corrected chi connectivity index (χ4v) is 2.01. The van der Waals surface area contributed by atoms with Crippen molar-refractivity contribution in [3.05, 3.63) is 53.6 Å². The summed E-state index contributed by atoms with van der Waals surface area (Å²) >= 11 is 0. The van der Waals surface area contributed by atoms with Gasteiger partial charge in [0.2, 0.25) is 0 Å². The van der Waals surface area contributed by atoms with E-state index in [9.17, 15) is 4.79 Å². The molecule has 6 heteroatoms. The van der Waals surface area contributed by atoms with E-state index in [1.807, 2.05) is 0 Å². The van der Waals surface area contributed by atoms with Gasteiger partial charge < -0.3 is 18.6 Å². The van der Waals surface area contributed by atoms with Crippen molar-refractivity contribution in [3.8, 4) is 11.5 Å². The Morgan fingerprint density at radius 3 is 2.73 bits per heavy atom. The third kappa shape index (κ3) is 2.58. The molecule has 2 heterocycles. The van der Waals surface area contributed by atoms with Crippen LogP contribution in [0.2, 0.25) is 0 Å². The predicted octanol–water partition coefficient (Wildman–Crippen LogP) is 2.64. The van der Waals surface area contributed by atoms with Crippen molar-refractivity contribution >= 4 is 17.9 Å². The number of aliphatic imine (C=N–C) groups is 1. The van der Waals surface area contributed by atoms with Gasteiger partial charge in [-0.3, -0.25) is 0 Å². The minimum Gasteiger partial charge on any atom is -0.497 e. The van der Waals surface area contributed by atoms with Gasteiger partial charge >= 0.3 is 5.97 Å². The maximum absolute atomic E-state index is 11.9. The fraction of sp³-hybridized carbons (Fsp3) is 0.125. The van der Waals surface area contributed by atoms with Gasteiger partial charge in [0.25, 0.3) is 5.90 Å². The molecule has 6 nitrogen and oxygen atoms in total. The average molecular weight is 299 g/mol. The summed E-state index contributed by atoms with van der Waals surface area (Å²) in [6.07, 6.45) is 3.07. The summed E-state index contributed by atoms with van der Waals surface area (Å²) < 4.78 is 20.7. The lowest BCUT2D eigenvalue weighted by Crippen LogP contribution is -2.04. The number of carbonyl (C=O) groups is 1. The minimum atomic E-state index is -0.545. The van der Waals surface area contributed by atoms with E-state index in [4.69, 9.17) is 18.6 Å². The molecule has 0 fully saturated rings. The molecule has 1 aromatic heterocycles. The molecule has 0 bridgehead atoms. The Morgan fingerprint density at radius 2 is 2.05 bits per heavy atom. The Labute approximate surface area is 126 Å². The summed E-state index contributed by atoms with van der Waals surface area (Å²) in [7, 11) is 3.12. The van der Waals surface area contributed by atoms with Crippen LogP contribution < -0.4 is 9.47 Å². The molecule has 0 unspecified atom stereocenters. The quantitative estimate of drug-likeness (QED) is 0.641. The molecule has 112 valence electrons. The topological polar surface area (TPSA) is 70.3 Å². The largest absolute Gasteiger partial charge is 0.497 e. The van der Waals surface area contributed by atoms with E-state index in [0.29, 0.717) is 22.8 Å². The zero-order valence-corrected chi connectivity index (χ0v) is 12.0. The average Bonchev–Trinajstić information content (AvgIpc) is 3.17. The van der Waals surface area contributed by atoms with Crippen molar-refractivity contribution in [1.82, 2.24) is 0 Å². The van der Waals surface area contributed by atoms with Crippen molar-refractivity contribution in [3.63, 3.8) is 0 Å². The van der Waals surface area contributed by atoms with Crippen molar-refractivity contribution in [2.24, 2.45) is 4.99 Å². The number of esters is 1. The SMILES string of the molecule is COc1ccc(OC)c(/C=C2/N=C(c3ccco3)OC2=O)c1. The van der Waals surface area contributed by atoms with Crippen LogP contribution in [0.4, 0.5) is 0 Å². The third-order valence-electron chi connectivity index (χ3n) is 3.08. The van der Waals surface area contributed by atoms with Crippen LogP contribution in [0.25, 0.3) is 6.08 Å². The number of rotatable bonds is 4. The second-order valence-electron chi connectivity index (χ2n) is 4.42. The molecule has 0 saturated carbocycles. The number of benzene rings is 1. The van der Waals surface area contributed by atoms with Crippen molar-refractivity contribution in [1.29, 1.82) is 0 Å². The number of furan rings is 1. The highest BCUT2D eigenvalue weighted by molar-refractivity contribution is 6.12. The zero-order valence-electron chi connectivity index (χ0n) is 12.0. The van der Waals surface area contributed by atoms with Gasteiger partial charge in [-0.1, -0.05) is 0 Å². The first-order valence-electron chi connectivity index (χ1n) is 6.49. The summed E-state index contributed by atoms with van der Waals surface area (Å²) in [6.45, 7) is 0. The lowest BCUT2D eigenvalue weighted by Gasteiger charge is -2.07. The first-order chi connectivity index (χ1) is 10.7. The first-order valence-corrected chi connectivity index (χ1v) is 6.49.